The Morgan fingerprint density at radius 3 is 2.58 bits per heavy atom. The van der Waals surface area contributed by atoms with Gasteiger partial charge in [0.15, 0.2) is 0 Å². The summed E-state index contributed by atoms with van der Waals surface area (Å²) in [4.78, 5) is 21.7. The van der Waals surface area contributed by atoms with Gasteiger partial charge in [0, 0.05) is 18.0 Å². The van der Waals surface area contributed by atoms with E-state index >= 15 is 0 Å². The molecule has 0 bridgehead atoms. The number of rotatable bonds is 5. The molecule has 0 atom stereocenters. The fraction of sp³-hybridized carbons (Fsp3) is 0.833. The Kier molecular flexibility index (Phi) is 4.94. The Labute approximate surface area is 70.7 Å². The number of likely N-dealkylation sites (N-methyl/N-ethyl adjacent to an activating group) is 1. The lowest BCUT2D eigenvalue weighted by Crippen LogP contribution is -2.34. The molecule has 0 fully saturated rings. The van der Waals surface area contributed by atoms with Crippen LogP contribution in [0.3, 0.4) is 0 Å². The molecule has 0 aliphatic rings. The van der Waals surface area contributed by atoms with Crippen molar-refractivity contribution in [3.63, 3.8) is 0 Å². The van der Waals surface area contributed by atoms with Crippen LogP contribution in [0.4, 0.5) is 0 Å². The summed E-state index contributed by atoms with van der Waals surface area (Å²) < 4.78 is 0. The number of hydrogen-bond donors (Lipinski definition) is 1. The largest absolute Gasteiger partial charge is 0.349 e. The highest BCUT2D eigenvalue weighted by molar-refractivity contribution is 5.76. The highest BCUT2D eigenvalue weighted by Gasteiger charge is 2.07. The molecule has 0 aliphatic carbocycles. The van der Waals surface area contributed by atoms with E-state index in [2.05, 4.69) is 5.32 Å². The smallest absolute Gasteiger partial charge is 0.291 e. The van der Waals surface area contributed by atoms with Crippen molar-refractivity contribution in [2.24, 2.45) is 0 Å². The first-order valence-corrected chi connectivity index (χ1v) is 3.55. The summed E-state index contributed by atoms with van der Waals surface area (Å²) in [5, 5.41) is 12.3. The van der Waals surface area contributed by atoms with Gasteiger partial charge in [-0.15, -0.1) is 0 Å². The summed E-state index contributed by atoms with van der Waals surface area (Å²) in [6.07, 6.45) is 0. The zero-order valence-electron chi connectivity index (χ0n) is 7.24. The molecule has 70 valence electrons. The van der Waals surface area contributed by atoms with Crippen LogP contribution in [0.2, 0.25) is 0 Å². The molecule has 0 unspecified atom stereocenters. The first kappa shape index (κ1) is 10.8. The summed E-state index contributed by atoms with van der Waals surface area (Å²) in [5.74, 6) is -0.540. The highest BCUT2D eigenvalue weighted by Crippen LogP contribution is 1.73. The van der Waals surface area contributed by atoms with Crippen molar-refractivity contribution in [3.8, 4) is 0 Å². The minimum Gasteiger partial charge on any atom is -0.349 e. The maximum atomic E-state index is 10.7. The van der Waals surface area contributed by atoms with Gasteiger partial charge in [-0.05, 0) is 14.1 Å². The maximum Gasteiger partial charge on any atom is 0.291 e. The minimum atomic E-state index is -0.648. The topological polar surface area (TPSA) is 75.5 Å². The van der Waals surface area contributed by atoms with Gasteiger partial charge in [0.1, 0.15) is 0 Å². The van der Waals surface area contributed by atoms with Crippen molar-refractivity contribution in [1.82, 2.24) is 10.2 Å². The summed E-state index contributed by atoms with van der Waals surface area (Å²) >= 11 is 0. The second kappa shape index (κ2) is 5.48. The van der Waals surface area contributed by atoms with Crippen molar-refractivity contribution in [2.45, 2.75) is 0 Å². The van der Waals surface area contributed by atoms with Gasteiger partial charge < -0.3 is 10.2 Å². The Hall–Kier alpha value is -1.17. The molecule has 0 rings (SSSR count). The first-order valence-electron chi connectivity index (χ1n) is 3.55. The molecular formula is C6H13N3O3. The number of carbonyl (C=O) groups excluding carboxylic acids is 1. The Morgan fingerprint density at radius 1 is 1.58 bits per heavy atom. The highest BCUT2D eigenvalue weighted by atomic mass is 16.6. The zero-order chi connectivity index (χ0) is 9.56. The number of amides is 1. The van der Waals surface area contributed by atoms with Gasteiger partial charge in [-0.3, -0.25) is 14.9 Å². The predicted octanol–water partition coefficient (Wildman–Crippen LogP) is -1.06. The van der Waals surface area contributed by atoms with Crippen molar-refractivity contribution >= 4 is 5.91 Å². The van der Waals surface area contributed by atoms with Crippen LogP contribution in [-0.2, 0) is 4.79 Å². The van der Waals surface area contributed by atoms with Gasteiger partial charge in [0.2, 0.25) is 0 Å². The summed E-state index contributed by atoms with van der Waals surface area (Å²) in [6, 6.07) is 0. The molecule has 0 radical (unpaired) electrons. The van der Waals surface area contributed by atoms with Crippen LogP contribution < -0.4 is 5.32 Å². The third-order valence-electron chi connectivity index (χ3n) is 1.15. The standard InChI is InChI=1S/C6H13N3O3/c1-8(2)4-3-7-6(10)5-9(11)12/h3-5H2,1-2H3,(H,7,10). The minimum absolute atomic E-state index is 0.444. The van der Waals surface area contributed by atoms with Crippen molar-refractivity contribution in [2.75, 3.05) is 33.7 Å². The van der Waals surface area contributed by atoms with Crippen molar-refractivity contribution < 1.29 is 9.72 Å². The van der Waals surface area contributed by atoms with E-state index in [0.29, 0.717) is 13.1 Å². The summed E-state index contributed by atoms with van der Waals surface area (Å²) in [7, 11) is 3.72. The number of carbonyl (C=O) groups is 1. The van der Waals surface area contributed by atoms with Gasteiger partial charge >= 0.3 is 0 Å². The monoisotopic (exact) mass is 175 g/mol. The molecule has 0 spiro atoms. The molecule has 6 heteroatoms. The van der Waals surface area contributed by atoms with Crippen molar-refractivity contribution in [3.05, 3.63) is 10.1 Å². The number of nitro groups is 1. The second-order valence-corrected chi connectivity index (χ2v) is 2.64. The van der Waals surface area contributed by atoms with E-state index in [1.807, 2.05) is 19.0 Å². The Balaban J connectivity index is 3.38. The summed E-state index contributed by atoms with van der Waals surface area (Å²) in [6.45, 7) is 0.483. The molecule has 0 aromatic rings. The second-order valence-electron chi connectivity index (χ2n) is 2.64. The molecule has 0 saturated carbocycles. The fourth-order valence-corrected chi connectivity index (χ4v) is 0.592. The molecule has 1 amide bonds. The van der Waals surface area contributed by atoms with Gasteiger partial charge in [-0.25, -0.2) is 0 Å². The average Bonchev–Trinajstić information content (AvgIpc) is 1.84. The van der Waals surface area contributed by atoms with Crippen LogP contribution in [-0.4, -0.2) is 49.5 Å². The Bertz CT molecular complexity index is 169. The number of nitrogens with zero attached hydrogens (tertiary/aromatic N) is 2. The van der Waals surface area contributed by atoms with E-state index in [0.717, 1.165) is 0 Å². The molecule has 0 saturated heterocycles. The third kappa shape index (κ3) is 6.94. The quantitative estimate of drug-likeness (QED) is 0.427. The lowest BCUT2D eigenvalue weighted by molar-refractivity contribution is -0.467. The van der Waals surface area contributed by atoms with Crippen molar-refractivity contribution in [1.29, 1.82) is 0 Å². The van der Waals surface area contributed by atoms with E-state index in [9.17, 15) is 14.9 Å². The molecule has 0 heterocycles. The van der Waals surface area contributed by atoms with Gasteiger partial charge in [-0.2, -0.15) is 0 Å². The molecule has 12 heavy (non-hydrogen) atoms. The predicted molar refractivity (Wildman–Crippen MR) is 43.4 cm³/mol. The molecule has 6 nitrogen and oxygen atoms in total. The summed E-state index contributed by atoms with van der Waals surface area (Å²) in [5.41, 5.74) is 0. The number of nitrogens with one attached hydrogen (secondary N) is 1. The van der Waals surface area contributed by atoms with E-state index < -0.39 is 17.4 Å². The third-order valence-corrected chi connectivity index (χ3v) is 1.15. The molecule has 0 aromatic heterocycles. The molecule has 0 aromatic carbocycles. The maximum absolute atomic E-state index is 10.7. The first-order chi connectivity index (χ1) is 5.52. The normalized spacial score (nSPS) is 9.92. The van der Waals surface area contributed by atoms with Crippen LogP contribution >= 0.6 is 0 Å². The van der Waals surface area contributed by atoms with E-state index in [1.165, 1.54) is 0 Å². The number of hydrogen-bond acceptors (Lipinski definition) is 4. The van der Waals surface area contributed by atoms with Gasteiger partial charge in [0.05, 0.1) is 0 Å². The fourth-order valence-electron chi connectivity index (χ4n) is 0.592. The van der Waals surface area contributed by atoms with E-state index in [1.54, 1.807) is 0 Å². The molecule has 1 N–H and O–H groups in total. The van der Waals surface area contributed by atoms with Crippen LogP contribution in [0, 0.1) is 10.1 Å². The lowest BCUT2D eigenvalue weighted by Gasteiger charge is -2.08. The van der Waals surface area contributed by atoms with Crippen LogP contribution in [0.25, 0.3) is 0 Å². The SMILES string of the molecule is CN(C)CCNC(=O)C[N+](=O)[O-]. The van der Waals surface area contributed by atoms with Gasteiger partial charge in [-0.1, -0.05) is 0 Å². The van der Waals surface area contributed by atoms with E-state index in [-0.39, 0.29) is 0 Å². The molecule has 0 aliphatic heterocycles. The average molecular weight is 175 g/mol. The lowest BCUT2D eigenvalue weighted by atomic mass is 10.5. The van der Waals surface area contributed by atoms with E-state index in [4.69, 9.17) is 0 Å². The van der Waals surface area contributed by atoms with Crippen LogP contribution in [0.1, 0.15) is 0 Å². The van der Waals surface area contributed by atoms with Crippen LogP contribution in [0.15, 0.2) is 0 Å². The van der Waals surface area contributed by atoms with Gasteiger partial charge in [0.25, 0.3) is 12.5 Å². The van der Waals surface area contributed by atoms with Crippen LogP contribution in [0.5, 0.6) is 0 Å². The Morgan fingerprint density at radius 2 is 2.17 bits per heavy atom. The zero-order valence-corrected chi connectivity index (χ0v) is 7.24. The molecular weight excluding hydrogens is 162 g/mol.